The lowest BCUT2D eigenvalue weighted by Gasteiger charge is -2.12. The second-order valence-corrected chi connectivity index (χ2v) is 8.69. The number of thioether (sulfide) groups is 1. The van der Waals surface area contributed by atoms with E-state index < -0.39 is 0 Å². The van der Waals surface area contributed by atoms with Crippen molar-refractivity contribution in [3.05, 3.63) is 94.2 Å². The predicted molar refractivity (Wildman–Crippen MR) is 132 cm³/mol. The molecule has 0 aliphatic heterocycles. The van der Waals surface area contributed by atoms with E-state index >= 15 is 0 Å². The summed E-state index contributed by atoms with van der Waals surface area (Å²) in [4.78, 5) is 0. The Morgan fingerprint density at radius 1 is 0.969 bits per heavy atom. The Hall–Kier alpha value is -2.67. The molecule has 0 atom stereocenters. The fourth-order valence-electron chi connectivity index (χ4n) is 3.14. The van der Waals surface area contributed by atoms with E-state index in [0.717, 1.165) is 33.7 Å². The van der Waals surface area contributed by atoms with E-state index in [-0.39, 0.29) is 0 Å². The van der Waals surface area contributed by atoms with E-state index in [1.54, 1.807) is 17.8 Å². The maximum absolute atomic E-state index is 6.35. The van der Waals surface area contributed by atoms with E-state index in [9.17, 15) is 0 Å². The number of halogens is 2. The third-order valence-electron chi connectivity index (χ3n) is 4.70. The first kappa shape index (κ1) is 22.5. The summed E-state index contributed by atoms with van der Waals surface area (Å²) in [6.45, 7) is 3.14. The van der Waals surface area contributed by atoms with Gasteiger partial charge in [0, 0.05) is 27.2 Å². The zero-order valence-corrected chi connectivity index (χ0v) is 19.8. The lowest BCUT2D eigenvalue weighted by molar-refractivity contribution is 0.340. The van der Waals surface area contributed by atoms with E-state index in [1.165, 1.54) is 0 Å². The van der Waals surface area contributed by atoms with Crippen LogP contribution in [-0.4, -0.2) is 21.4 Å². The zero-order valence-electron chi connectivity index (χ0n) is 17.5. The molecular weight excluding hydrogens is 463 g/mol. The quantitative estimate of drug-likeness (QED) is 0.262. The van der Waals surface area contributed by atoms with Gasteiger partial charge in [-0.3, -0.25) is 4.57 Å². The van der Waals surface area contributed by atoms with Crippen molar-refractivity contribution >= 4 is 40.7 Å². The molecule has 0 saturated carbocycles. The SMILES string of the molecule is CCOc1ccc(NCc2nnc(SCc3ccc(Cl)cc3Cl)n2-c2ccccc2)cc1. The Labute approximate surface area is 201 Å². The van der Waals surface area contributed by atoms with Crippen molar-refractivity contribution in [1.82, 2.24) is 14.8 Å². The normalized spacial score (nSPS) is 10.8. The van der Waals surface area contributed by atoms with Crippen LogP contribution in [0.3, 0.4) is 0 Å². The maximum atomic E-state index is 6.35. The molecular formula is C24H22Cl2N4OS. The van der Waals surface area contributed by atoms with Gasteiger partial charge in [0.25, 0.3) is 0 Å². The molecule has 0 radical (unpaired) electrons. The molecule has 1 N–H and O–H groups in total. The van der Waals surface area contributed by atoms with E-state index in [4.69, 9.17) is 27.9 Å². The first-order chi connectivity index (χ1) is 15.6. The summed E-state index contributed by atoms with van der Waals surface area (Å²) in [5.74, 6) is 2.33. The van der Waals surface area contributed by atoms with Gasteiger partial charge in [0.05, 0.1) is 13.2 Å². The largest absolute Gasteiger partial charge is 0.494 e. The van der Waals surface area contributed by atoms with Gasteiger partial charge in [-0.15, -0.1) is 10.2 Å². The van der Waals surface area contributed by atoms with Crippen LogP contribution < -0.4 is 10.1 Å². The minimum Gasteiger partial charge on any atom is -0.494 e. The molecule has 0 saturated heterocycles. The predicted octanol–water partition coefficient (Wildman–Crippen LogP) is 6.88. The van der Waals surface area contributed by atoms with Crippen LogP contribution in [0, 0.1) is 0 Å². The molecule has 32 heavy (non-hydrogen) atoms. The summed E-state index contributed by atoms with van der Waals surface area (Å²) in [5.41, 5.74) is 2.99. The molecule has 4 aromatic rings. The van der Waals surface area contributed by atoms with Crippen LogP contribution in [0.5, 0.6) is 5.75 Å². The second-order valence-electron chi connectivity index (χ2n) is 6.91. The van der Waals surface area contributed by atoms with Gasteiger partial charge in [0.2, 0.25) is 0 Å². The average molecular weight is 485 g/mol. The van der Waals surface area contributed by atoms with Crippen molar-refractivity contribution in [1.29, 1.82) is 0 Å². The number of aromatic nitrogens is 3. The molecule has 1 heterocycles. The summed E-state index contributed by atoms with van der Waals surface area (Å²) in [5, 5.41) is 14.4. The van der Waals surface area contributed by atoms with Crippen molar-refractivity contribution in [2.45, 2.75) is 24.4 Å². The minimum atomic E-state index is 0.526. The van der Waals surface area contributed by atoms with Crippen molar-refractivity contribution in [2.24, 2.45) is 0 Å². The van der Waals surface area contributed by atoms with Crippen molar-refractivity contribution in [2.75, 3.05) is 11.9 Å². The van der Waals surface area contributed by atoms with Gasteiger partial charge in [-0.25, -0.2) is 0 Å². The van der Waals surface area contributed by atoms with E-state index in [1.807, 2.05) is 73.7 Å². The molecule has 0 aliphatic carbocycles. The van der Waals surface area contributed by atoms with Crippen LogP contribution in [0.2, 0.25) is 10.0 Å². The minimum absolute atomic E-state index is 0.526. The van der Waals surface area contributed by atoms with Gasteiger partial charge < -0.3 is 10.1 Å². The molecule has 0 unspecified atom stereocenters. The van der Waals surface area contributed by atoms with Gasteiger partial charge in [-0.2, -0.15) is 0 Å². The molecule has 164 valence electrons. The Morgan fingerprint density at radius 3 is 2.47 bits per heavy atom. The van der Waals surface area contributed by atoms with Crippen molar-refractivity contribution in [3.63, 3.8) is 0 Å². The molecule has 0 bridgehead atoms. The number of rotatable bonds is 9. The highest BCUT2D eigenvalue weighted by molar-refractivity contribution is 7.98. The number of nitrogens with zero attached hydrogens (tertiary/aromatic N) is 3. The molecule has 5 nitrogen and oxygen atoms in total. The number of anilines is 1. The lowest BCUT2D eigenvalue weighted by atomic mass is 10.2. The monoisotopic (exact) mass is 484 g/mol. The Kier molecular flexibility index (Phi) is 7.58. The molecule has 0 fully saturated rings. The summed E-state index contributed by atoms with van der Waals surface area (Å²) >= 11 is 13.9. The van der Waals surface area contributed by atoms with Crippen LogP contribution >= 0.6 is 35.0 Å². The van der Waals surface area contributed by atoms with Crippen LogP contribution in [0.15, 0.2) is 78.0 Å². The van der Waals surface area contributed by atoms with Gasteiger partial charge in [0.1, 0.15) is 5.75 Å². The third kappa shape index (κ3) is 5.57. The van der Waals surface area contributed by atoms with E-state index in [2.05, 4.69) is 20.1 Å². The van der Waals surface area contributed by atoms with Gasteiger partial charge in [-0.05, 0) is 61.0 Å². The van der Waals surface area contributed by atoms with Gasteiger partial charge in [0.15, 0.2) is 11.0 Å². The molecule has 1 aromatic heterocycles. The summed E-state index contributed by atoms with van der Waals surface area (Å²) < 4.78 is 7.57. The summed E-state index contributed by atoms with van der Waals surface area (Å²) in [6.07, 6.45) is 0. The highest BCUT2D eigenvalue weighted by atomic mass is 35.5. The number of hydrogen-bond acceptors (Lipinski definition) is 5. The lowest BCUT2D eigenvalue weighted by Crippen LogP contribution is -2.08. The van der Waals surface area contributed by atoms with Gasteiger partial charge >= 0.3 is 0 Å². The fraction of sp³-hybridized carbons (Fsp3) is 0.167. The number of hydrogen-bond donors (Lipinski definition) is 1. The second kappa shape index (κ2) is 10.8. The van der Waals surface area contributed by atoms with Crippen LogP contribution in [0.1, 0.15) is 18.3 Å². The number of benzene rings is 3. The van der Waals surface area contributed by atoms with Crippen molar-refractivity contribution in [3.8, 4) is 11.4 Å². The molecule has 0 spiro atoms. The first-order valence-corrected chi connectivity index (χ1v) is 11.9. The smallest absolute Gasteiger partial charge is 0.196 e. The van der Waals surface area contributed by atoms with Crippen molar-refractivity contribution < 1.29 is 4.74 Å². The molecule has 3 aromatic carbocycles. The van der Waals surface area contributed by atoms with Crippen LogP contribution in [0.25, 0.3) is 5.69 Å². The highest BCUT2D eigenvalue weighted by Gasteiger charge is 2.15. The number of ether oxygens (including phenoxy) is 1. The Morgan fingerprint density at radius 2 is 1.75 bits per heavy atom. The number of para-hydroxylation sites is 1. The maximum Gasteiger partial charge on any atom is 0.196 e. The average Bonchev–Trinajstić information content (AvgIpc) is 3.21. The Balaban J connectivity index is 1.54. The first-order valence-electron chi connectivity index (χ1n) is 10.2. The Bertz CT molecular complexity index is 1170. The fourth-order valence-corrected chi connectivity index (χ4v) is 4.67. The molecule has 8 heteroatoms. The molecule has 0 aliphatic rings. The standard InChI is InChI=1S/C24H22Cl2N4OS/c1-2-31-21-12-10-19(11-13-21)27-15-23-28-29-24(30(23)20-6-4-3-5-7-20)32-16-17-8-9-18(25)14-22(17)26/h3-14,27H,2,15-16H2,1H3. The van der Waals surface area contributed by atoms with Gasteiger partial charge in [-0.1, -0.05) is 59.2 Å². The zero-order chi connectivity index (χ0) is 22.3. The summed E-state index contributed by atoms with van der Waals surface area (Å²) in [6, 6.07) is 23.5. The summed E-state index contributed by atoms with van der Waals surface area (Å²) in [7, 11) is 0. The third-order valence-corrected chi connectivity index (χ3v) is 6.27. The topological polar surface area (TPSA) is 52.0 Å². The van der Waals surface area contributed by atoms with Crippen LogP contribution in [0.4, 0.5) is 5.69 Å². The van der Waals surface area contributed by atoms with E-state index in [0.29, 0.717) is 28.9 Å². The molecule has 0 amide bonds. The molecule has 4 rings (SSSR count). The van der Waals surface area contributed by atoms with Crippen LogP contribution in [-0.2, 0) is 12.3 Å². The number of nitrogens with one attached hydrogen (secondary N) is 1. The highest BCUT2D eigenvalue weighted by Crippen LogP contribution is 2.30.